The summed E-state index contributed by atoms with van der Waals surface area (Å²) in [5, 5.41) is 0.847. The van der Waals surface area contributed by atoms with Gasteiger partial charge in [-0.2, -0.15) is 0 Å². The molecule has 0 spiro atoms. The fraction of sp³-hybridized carbons (Fsp3) is 0.231. The summed E-state index contributed by atoms with van der Waals surface area (Å²) in [6.07, 6.45) is 5.69. The molecular weight excluding hydrogens is 230 g/mol. The van der Waals surface area contributed by atoms with Crippen LogP contribution in [0.1, 0.15) is 12.0 Å². The first-order valence-electron chi connectivity index (χ1n) is 5.59. The molecule has 0 aliphatic heterocycles. The van der Waals surface area contributed by atoms with Gasteiger partial charge in [0.1, 0.15) is 0 Å². The SMILES string of the molecule is Nc1cccc(CCCSc2ncccn2)c1. The molecule has 0 unspecified atom stereocenters. The van der Waals surface area contributed by atoms with Gasteiger partial charge in [0.15, 0.2) is 5.16 Å². The molecule has 0 atom stereocenters. The molecule has 0 bridgehead atoms. The molecule has 2 rings (SSSR count). The summed E-state index contributed by atoms with van der Waals surface area (Å²) in [7, 11) is 0. The Bertz CT molecular complexity index is 459. The maximum Gasteiger partial charge on any atom is 0.187 e. The highest BCUT2D eigenvalue weighted by molar-refractivity contribution is 7.99. The molecule has 17 heavy (non-hydrogen) atoms. The Balaban J connectivity index is 1.73. The zero-order valence-corrected chi connectivity index (χ0v) is 10.4. The number of aryl methyl sites for hydroxylation is 1. The van der Waals surface area contributed by atoms with E-state index in [0.29, 0.717) is 0 Å². The van der Waals surface area contributed by atoms with Gasteiger partial charge < -0.3 is 5.73 Å². The number of hydrogen-bond donors (Lipinski definition) is 1. The molecule has 0 aliphatic carbocycles. The van der Waals surface area contributed by atoms with Crippen LogP contribution in [0.15, 0.2) is 47.9 Å². The lowest BCUT2D eigenvalue weighted by Gasteiger charge is -2.02. The van der Waals surface area contributed by atoms with Crippen molar-refractivity contribution in [2.45, 2.75) is 18.0 Å². The second-order valence-electron chi connectivity index (χ2n) is 3.73. The van der Waals surface area contributed by atoms with Gasteiger partial charge in [0, 0.05) is 23.8 Å². The lowest BCUT2D eigenvalue weighted by atomic mass is 10.1. The summed E-state index contributed by atoms with van der Waals surface area (Å²) in [5.41, 5.74) is 7.85. The van der Waals surface area contributed by atoms with Crippen molar-refractivity contribution < 1.29 is 0 Å². The first-order valence-corrected chi connectivity index (χ1v) is 6.57. The van der Waals surface area contributed by atoms with E-state index in [1.54, 1.807) is 24.2 Å². The summed E-state index contributed by atoms with van der Waals surface area (Å²) in [6.45, 7) is 0. The number of benzene rings is 1. The van der Waals surface area contributed by atoms with Crippen LogP contribution in [0.3, 0.4) is 0 Å². The summed E-state index contributed by atoms with van der Waals surface area (Å²) < 4.78 is 0. The molecule has 2 N–H and O–H groups in total. The van der Waals surface area contributed by atoms with Crippen molar-refractivity contribution in [3.05, 3.63) is 48.3 Å². The number of thioether (sulfide) groups is 1. The minimum Gasteiger partial charge on any atom is -0.399 e. The van der Waals surface area contributed by atoms with Gasteiger partial charge in [0.2, 0.25) is 0 Å². The van der Waals surface area contributed by atoms with E-state index >= 15 is 0 Å². The molecule has 0 radical (unpaired) electrons. The highest BCUT2D eigenvalue weighted by Gasteiger charge is 1.97. The number of nitrogens with two attached hydrogens (primary N) is 1. The standard InChI is InChI=1S/C13H15N3S/c14-12-6-1-4-11(10-12)5-2-9-17-13-15-7-3-8-16-13/h1,3-4,6-8,10H,2,5,9,14H2. The minimum absolute atomic E-state index is 0.835. The minimum atomic E-state index is 0.835. The van der Waals surface area contributed by atoms with E-state index in [1.165, 1.54) is 5.56 Å². The van der Waals surface area contributed by atoms with Crippen LogP contribution in [0.5, 0.6) is 0 Å². The fourth-order valence-corrected chi connectivity index (χ4v) is 2.29. The lowest BCUT2D eigenvalue weighted by Crippen LogP contribution is -1.92. The summed E-state index contributed by atoms with van der Waals surface area (Å²) in [5.74, 6) is 1.03. The van der Waals surface area contributed by atoms with Crippen LogP contribution in [0.2, 0.25) is 0 Å². The fourth-order valence-electron chi connectivity index (χ4n) is 1.55. The molecule has 4 heteroatoms. The molecular formula is C13H15N3S. The first-order chi connectivity index (χ1) is 8.34. The van der Waals surface area contributed by atoms with E-state index in [-0.39, 0.29) is 0 Å². The largest absolute Gasteiger partial charge is 0.399 e. The van der Waals surface area contributed by atoms with Crippen LogP contribution < -0.4 is 5.73 Å². The zero-order valence-electron chi connectivity index (χ0n) is 9.54. The molecule has 88 valence electrons. The molecule has 0 fully saturated rings. The Morgan fingerprint density at radius 3 is 2.71 bits per heavy atom. The molecule has 0 amide bonds. The van der Waals surface area contributed by atoms with Gasteiger partial charge >= 0.3 is 0 Å². The third-order valence-electron chi connectivity index (χ3n) is 2.33. The van der Waals surface area contributed by atoms with Crippen LogP contribution in [0.25, 0.3) is 0 Å². The van der Waals surface area contributed by atoms with Crippen LogP contribution in [-0.4, -0.2) is 15.7 Å². The quantitative estimate of drug-likeness (QED) is 0.381. The van der Waals surface area contributed by atoms with Gasteiger partial charge in [-0.05, 0) is 36.6 Å². The monoisotopic (exact) mass is 245 g/mol. The third kappa shape index (κ3) is 4.07. The van der Waals surface area contributed by atoms with Gasteiger partial charge in [-0.1, -0.05) is 23.9 Å². The topological polar surface area (TPSA) is 51.8 Å². The maximum atomic E-state index is 5.73. The molecule has 1 aromatic carbocycles. The zero-order chi connectivity index (χ0) is 11.9. The molecule has 1 aromatic heterocycles. The average Bonchev–Trinajstić information content (AvgIpc) is 2.36. The molecule has 3 nitrogen and oxygen atoms in total. The normalized spacial score (nSPS) is 10.4. The average molecular weight is 245 g/mol. The Kier molecular flexibility index (Phi) is 4.38. The van der Waals surface area contributed by atoms with Crippen molar-refractivity contribution in [1.29, 1.82) is 0 Å². The third-order valence-corrected chi connectivity index (χ3v) is 3.30. The van der Waals surface area contributed by atoms with E-state index in [4.69, 9.17) is 5.73 Å². The first kappa shape index (κ1) is 11.9. The van der Waals surface area contributed by atoms with Crippen molar-refractivity contribution >= 4 is 17.4 Å². The summed E-state index contributed by atoms with van der Waals surface area (Å²) in [4.78, 5) is 8.34. The summed E-state index contributed by atoms with van der Waals surface area (Å²) in [6, 6.07) is 9.88. The Morgan fingerprint density at radius 2 is 1.94 bits per heavy atom. The number of nitrogens with zero attached hydrogens (tertiary/aromatic N) is 2. The van der Waals surface area contributed by atoms with Gasteiger partial charge in [-0.3, -0.25) is 0 Å². The van der Waals surface area contributed by atoms with E-state index in [2.05, 4.69) is 16.0 Å². The van der Waals surface area contributed by atoms with Crippen molar-refractivity contribution in [3.63, 3.8) is 0 Å². The van der Waals surface area contributed by atoms with Gasteiger partial charge in [0.25, 0.3) is 0 Å². The van der Waals surface area contributed by atoms with E-state index in [0.717, 1.165) is 29.4 Å². The molecule has 0 aliphatic rings. The second-order valence-corrected chi connectivity index (χ2v) is 4.79. The van der Waals surface area contributed by atoms with E-state index < -0.39 is 0 Å². The number of anilines is 1. The second kappa shape index (κ2) is 6.25. The molecule has 0 saturated heterocycles. The van der Waals surface area contributed by atoms with Crippen LogP contribution in [0.4, 0.5) is 5.69 Å². The smallest absolute Gasteiger partial charge is 0.187 e. The maximum absolute atomic E-state index is 5.73. The predicted molar refractivity (Wildman–Crippen MR) is 71.9 cm³/mol. The molecule has 0 saturated carbocycles. The summed E-state index contributed by atoms with van der Waals surface area (Å²) >= 11 is 1.69. The number of hydrogen-bond acceptors (Lipinski definition) is 4. The molecule has 2 aromatic rings. The highest BCUT2D eigenvalue weighted by atomic mass is 32.2. The Hall–Kier alpha value is -1.55. The van der Waals surface area contributed by atoms with Crippen LogP contribution >= 0.6 is 11.8 Å². The number of nitrogen functional groups attached to an aromatic ring is 1. The van der Waals surface area contributed by atoms with Crippen molar-refractivity contribution in [2.24, 2.45) is 0 Å². The predicted octanol–water partition coefficient (Wildman–Crippen LogP) is 2.78. The van der Waals surface area contributed by atoms with Crippen LogP contribution in [0, 0.1) is 0 Å². The molecule has 1 heterocycles. The van der Waals surface area contributed by atoms with Gasteiger partial charge in [-0.25, -0.2) is 9.97 Å². The Labute approximate surface area is 105 Å². The van der Waals surface area contributed by atoms with Crippen LogP contribution in [-0.2, 0) is 6.42 Å². The van der Waals surface area contributed by atoms with Gasteiger partial charge in [0.05, 0.1) is 0 Å². The number of aromatic nitrogens is 2. The van der Waals surface area contributed by atoms with Crippen molar-refractivity contribution in [3.8, 4) is 0 Å². The van der Waals surface area contributed by atoms with E-state index in [9.17, 15) is 0 Å². The van der Waals surface area contributed by atoms with E-state index in [1.807, 2.05) is 24.3 Å². The van der Waals surface area contributed by atoms with Crippen molar-refractivity contribution in [1.82, 2.24) is 9.97 Å². The highest BCUT2D eigenvalue weighted by Crippen LogP contribution is 2.15. The van der Waals surface area contributed by atoms with Crippen molar-refractivity contribution in [2.75, 3.05) is 11.5 Å². The van der Waals surface area contributed by atoms with Gasteiger partial charge in [-0.15, -0.1) is 0 Å². The number of rotatable bonds is 5. The lowest BCUT2D eigenvalue weighted by molar-refractivity contribution is 0.918. The Morgan fingerprint density at radius 1 is 1.12 bits per heavy atom.